The number of ether oxygens (including phenoxy) is 1. The molecule has 0 saturated carbocycles. The predicted octanol–water partition coefficient (Wildman–Crippen LogP) is 2.55. The van der Waals surface area contributed by atoms with Gasteiger partial charge in [-0.25, -0.2) is 0 Å². The Balaban J connectivity index is 2.16. The van der Waals surface area contributed by atoms with Crippen molar-refractivity contribution in [2.45, 2.75) is 40.2 Å². The Kier molecular flexibility index (Phi) is 6.30. The summed E-state index contributed by atoms with van der Waals surface area (Å²) in [7, 11) is 2.12. The summed E-state index contributed by atoms with van der Waals surface area (Å²) in [6.45, 7) is 10.2. The number of nitrogens with one attached hydrogen (secondary N) is 1. The molecule has 0 atom stereocenters. The van der Waals surface area contributed by atoms with Gasteiger partial charge in [0, 0.05) is 38.2 Å². The molecule has 3 nitrogen and oxygen atoms in total. The highest BCUT2D eigenvalue weighted by molar-refractivity contribution is 5.26. The molecular weight excluding hydrogens is 212 g/mol. The molecule has 3 heteroatoms. The Morgan fingerprint density at radius 1 is 1.29 bits per heavy atom. The molecule has 1 aromatic heterocycles. The first kappa shape index (κ1) is 14.3. The van der Waals surface area contributed by atoms with Crippen LogP contribution in [0.15, 0.2) is 6.07 Å². The predicted molar refractivity (Wildman–Crippen MR) is 72.3 cm³/mol. The molecule has 0 radical (unpaired) electrons. The van der Waals surface area contributed by atoms with Crippen LogP contribution in [0.1, 0.15) is 36.7 Å². The first-order valence-electron chi connectivity index (χ1n) is 6.57. The average molecular weight is 238 g/mol. The Morgan fingerprint density at radius 3 is 2.65 bits per heavy atom. The molecule has 1 N–H and O–H groups in total. The van der Waals surface area contributed by atoms with E-state index in [9.17, 15) is 0 Å². The summed E-state index contributed by atoms with van der Waals surface area (Å²) in [5, 5.41) is 3.47. The van der Waals surface area contributed by atoms with Crippen molar-refractivity contribution in [2.75, 3.05) is 19.8 Å². The van der Waals surface area contributed by atoms with E-state index in [2.05, 4.69) is 43.8 Å². The zero-order chi connectivity index (χ0) is 12.7. The fourth-order valence-corrected chi connectivity index (χ4v) is 1.88. The lowest BCUT2D eigenvalue weighted by Crippen LogP contribution is -2.16. The fraction of sp³-hybridized carbons (Fsp3) is 0.714. The summed E-state index contributed by atoms with van der Waals surface area (Å²) >= 11 is 0. The van der Waals surface area contributed by atoms with Crippen LogP contribution in [0.2, 0.25) is 0 Å². The van der Waals surface area contributed by atoms with E-state index < -0.39 is 0 Å². The minimum atomic E-state index is 0.869. The summed E-state index contributed by atoms with van der Waals surface area (Å²) in [5.41, 5.74) is 4.09. The third-order valence-corrected chi connectivity index (χ3v) is 3.19. The highest BCUT2D eigenvalue weighted by Gasteiger charge is 2.04. The second kappa shape index (κ2) is 7.51. The molecular formula is C14H26N2O. The van der Waals surface area contributed by atoms with Crippen molar-refractivity contribution < 1.29 is 4.74 Å². The van der Waals surface area contributed by atoms with Crippen molar-refractivity contribution in [1.82, 2.24) is 9.88 Å². The lowest BCUT2D eigenvalue weighted by Gasteiger charge is -2.06. The van der Waals surface area contributed by atoms with Crippen LogP contribution in [0.5, 0.6) is 0 Å². The molecule has 1 heterocycles. The Labute approximate surface area is 105 Å². The zero-order valence-corrected chi connectivity index (χ0v) is 11.7. The molecule has 0 fully saturated rings. The van der Waals surface area contributed by atoms with Crippen LogP contribution in [0.3, 0.4) is 0 Å². The Bertz CT molecular complexity index is 331. The minimum absolute atomic E-state index is 0.869. The molecule has 0 amide bonds. The smallest absolute Gasteiger partial charge is 0.0478 e. The van der Waals surface area contributed by atoms with Gasteiger partial charge >= 0.3 is 0 Å². The topological polar surface area (TPSA) is 26.2 Å². The van der Waals surface area contributed by atoms with Crippen molar-refractivity contribution in [3.63, 3.8) is 0 Å². The molecule has 0 aromatic carbocycles. The summed E-state index contributed by atoms with van der Waals surface area (Å²) in [5.74, 6) is 0. The molecule has 1 aromatic rings. The number of hydrogen-bond acceptors (Lipinski definition) is 2. The summed E-state index contributed by atoms with van der Waals surface area (Å²) in [4.78, 5) is 0. The van der Waals surface area contributed by atoms with E-state index in [4.69, 9.17) is 4.74 Å². The van der Waals surface area contributed by atoms with Gasteiger partial charge in [-0.3, -0.25) is 0 Å². The van der Waals surface area contributed by atoms with Crippen LogP contribution >= 0.6 is 0 Å². The third kappa shape index (κ3) is 4.52. The molecule has 0 bridgehead atoms. The van der Waals surface area contributed by atoms with Crippen molar-refractivity contribution in [2.24, 2.45) is 7.05 Å². The van der Waals surface area contributed by atoms with Gasteiger partial charge in [0.1, 0.15) is 0 Å². The van der Waals surface area contributed by atoms with Crippen LogP contribution < -0.4 is 5.32 Å². The summed E-state index contributed by atoms with van der Waals surface area (Å²) < 4.78 is 7.68. The van der Waals surface area contributed by atoms with E-state index in [1.54, 1.807) is 0 Å². The van der Waals surface area contributed by atoms with Crippen LogP contribution in [-0.4, -0.2) is 24.3 Å². The molecule has 0 unspecified atom stereocenters. The van der Waals surface area contributed by atoms with E-state index in [0.29, 0.717) is 0 Å². The van der Waals surface area contributed by atoms with Crippen molar-refractivity contribution in [3.8, 4) is 0 Å². The van der Waals surface area contributed by atoms with Crippen molar-refractivity contribution in [1.29, 1.82) is 0 Å². The average Bonchev–Trinajstić information content (AvgIpc) is 2.56. The minimum Gasteiger partial charge on any atom is -0.381 e. The van der Waals surface area contributed by atoms with Crippen molar-refractivity contribution in [3.05, 3.63) is 23.0 Å². The zero-order valence-electron chi connectivity index (χ0n) is 11.7. The molecule has 0 spiro atoms. The standard InChI is InChI=1S/C14H26N2O/c1-5-8-17-9-6-7-15-11-14-10-12(2)16(4)13(14)3/h10,15H,5-9,11H2,1-4H3. The molecule has 0 aliphatic carbocycles. The number of hydrogen-bond donors (Lipinski definition) is 1. The second-order valence-electron chi connectivity index (χ2n) is 4.60. The van der Waals surface area contributed by atoms with E-state index in [0.717, 1.165) is 39.1 Å². The fourth-order valence-electron chi connectivity index (χ4n) is 1.88. The Morgan fingerprint density at radius 2 is 2.06 bits per heavy atom. The van der Waals surface area contributed by atoms with Gasteiger partial charge in [-0.05, 0) is 44.9 Å². The van der Waals surface area contributed by atoms with Gasteiger partial charge in [-0.15, -0.1) is 0 Å². The SMILES string of the molecule is CCCOCCCNCc1cc(C)n(C)c1C. The van der Waals surface area contributed by atoms with Crippen LogP contribution in [-0.2, 0) is 18.3 Å². The highest BCUT2D eigenvalue weighted by Crippen LogP contribution is 2.12. The normalized spacial score (nSPS) is 11.1. The first-order valence-corrected chi connectivity index (χ1v) is 6.57. The second-order valence-corrected chi connectivity index (χ2v) is 4.60. The number of aromatic nitrogens is 1. The molecule has 0 aliphatic rings. The van der Waals surface area contributed by atoms with Crippen LogP contribution in [0.25, 0.3) is 0 Å². The maximum Gasteiger partial charge on any atom is 0.0478 e. The molecule has 17 heavy (non-hydrogen) atoms. The third-order valence-electron chi connectivity index (χ3n) is 3.19. The van der Waals surface area contributed by atoms with E-state index in [1.807, 2.05) is 0 Å². The summed E-state index contributed by atoms with van der Waals surface area (Å²) in [6, 6.07) is 2.26. The number of rotatable bonds is 8. The number of aryl methyl sites for hydroxylation is 1. The maximum atomic E-state index is 5.44. The lowest BCUT2D eigenvalue weighted by molar-refractivity contribution is 0.132. The Hall–Kier alpha value is -0.800. The van der Waals surface area contributed by atoms with Crippen molar-refractivity contribution >= 4 is 0 Å². The van der Waals surface area contributed by atoms with Gasteiger partial charge in [-0.1, -0.05) is 6.92 Å². The van der Waals surface area contributed by atoms with Crippen LogP contribution in [0, 0.1) is 13.8 Å². The van der Waals surface area contributed by atoms with Gasteiger partial charge in [0.15, 0.2) is 0 Å². The maximum absolute atomic E-state index is 5.44. The van der Waals surface area contributed by atoms with Gasteiger partial charge in [0.05, 0.1) is 0 Å². The largest absolute Gasteiger partial charge is 0.381 e. The van der Waals surface area contributed by atoms with Gasteiger partial charge in [0.25, 0.3) is 0 Å². The number of nitrogens with zero attached hydrogens (tertiary/aromatic N) is 1. The lowest BCUT2D eigenvalue weighted by atomic mass is 10.2. The molecule has 0 aliphatic heterocycles. The van der Waals surface area contributed by atoms with Gasteiger partial charge in [-0.2, -0.15) is 0 Å². The van der Waals surface area contributed by atoms with Gasteiger partial charge in [0.2, 0.25) is 0 Å². The van der Waals surface area contributed by atoms with Gasteiger partial charge < -0.3 is 14.6 Å². The summed E-state index contributed by atoms with van der Waals surface area (Å²) in [6.07, 6.45) is 2.20. The first-order chi connectivity index (χ1) is 8.16. The highest BCUT2D eigenvalue weighted by atomic mass is 16.5. The molecule has 98 valence electrons. The van der Waals surface area contributed by atoms with E-state index >= 15 is 0 Å². The monoisotopic (exact) mass is 238 g/mol. The van der Waals surface area contributed by atoms with Crippen LogP contribution in [0.4, 0.5) is 0 Å². The molecule has 1 rings (SSSR count). The van der Waals surface area contributed by atoms with E-state index in [-0.39, 0.29) is 0 Å². The van der Waals surface area contributed by atoms with E-state index in [1.165, 1.54) is 17.0 Å². The quantitative estimate of drug-likeness (QED) is 0.704. The molecule has 0 saturated heterocycles.